The Balaban J connectivity index is 2.71. The SMILES string of the molecule is Cc1noc(NC(=O)CC(C)(C(=O)O)C(C)C)n1. The summed E-state index contributed by atoms with van der Waals surface area (Å²) in [5.41, 5.74) is -1.13. The molecular formula is C11H17N3O4. The minimum absolute atomic E-state index is 0.0194. The van der Waals surface area contributed by atoms with Crippen molar-refractivity contribution in [2.75, 3.05) is 5.32 Å². The second-order valence-electron chi connectivity index (χ2n) is 4.75. The van der Waals surface area contributed by atoms with Crippen molar-refractivity contribution < 1.29 is 19.2 Å². The van der Waals surface area contributed by atoms with Gasteiger partial charge in [-0.2, -0.15) is 4.98 Å². The average molecular weight is 255 g/mol. The van der Waals surface area contributed by atoms with E-state index >= 15 is 0 Å². The van der Waals surface area contributed by atoms with Crippen LogP contribution in [0, 0.1) is 18.3 Å². The number of hydrogen-bond donors (Lipinski definition) is 2. The standard InChI is InChI=1S/C11H17N3O4/c1-6(2)11(4,9(16)17)5-8(15)13-10-12-7(3)14-18-10/h6H,5H2,1-4H3,(H,16,17)(H,12,13,14,15). The molecule has 0 saturated heterocycles. The third kappa shape index (κ3) is 3.06. The van der Waals surface area contributed by atoms with Crippen molar-refractivity contribution in [3.8, 4) is 0 Å². The lowest BCUT2D eigenvalue weighted by molar-refractivity contribution is -0.153. The molecule has 0 aliphatic rings. The van der Waals surface area contributed by atoms with E-state index in [1.165, 1.54) is 0 Å². The number of nitrogens with zero attached hydrogens (tertiary/aromatic N) is 2. The fourth-order valence-corrected chi connectivity index (χ4v) is 1.37. The van der Waals surface area contributed by atoms with Crippen LogP contribution >= 0.6 is 0 Å². The van der Waals surface area contributed by atoms with Crippen LogP contribution in [0.25, 0.3) is 0 Å². The van der Waals surface area contributed by atoms with E-state index in [0.29, 0.717) is 5.82 Å². The van der Waals surface area contributed by atoms with Gasteiger partial charge in [-0.15, -0.1) is 0 Å². The van der Waals surface area contributed by atoms with Crippen LogP contribution in [-0.2, 0) is 9.59 Å². The van der Waals surface area contributed by atoms with Gasteiger partial charge >= 0.3 is 12.0 Å². The first-order chi connectivity index (χ1) is 8.25. The number of rotatable bonds is 5. The van der Waals surface area contributed by atoms with Gasteiger partial charge in [0, 0.05) is 6.42 Å². The molecule has 0 fully saturated rings. The summed E-state index contributed by atoms with van der Waals surface area (Å²) in [5, 5.41) is 15.1. The normalized spacial score (nSPS) is 14.3. The highest BCUT2D eigenvalue weighted by Crippen LogP contribution is 2.31. The predicted molar refractivity (Wildman–Crippen MR) is 62.9 cm³/mol. The van der Waals surface area contributed by atoms with Crippen LogP contribution in [0.1, 0.15) is 33.0 Å². The maximum atomic E-state index is 11.7. The first-order valence-electron chi connectivity index (χ1n) is 5.59. The minimum Gasteiger partial charge on any atom is -0.481 e. The molecule has 1 aromatic rings. The van der Waals surface area contributed by atoms with E-state index in [2.05, 4.69) is 15.5 Å². The van der Waals surface area contributed by atoms with Crippen molar-refractivity contribution in [3.05, 3.63) is 5.82 Å². The molecule has 0 radical (unpaired) electrons. The smallest absolute Gasteiger partial charge is 0.328 e. The van der Waals surface area contributed by atoms with Crippen molar-refractivity contribution in [2.45, 2.75) is 34.1 Å². The Morgan fingerprint density at radius 1 is 1.50 bits per heavy atom. The molecular weight excluding hydrogens is 238 g/mol. The predicted octanol–water partition coefficient (Wildman–Crippen LogP) is 1.45. The Bertz CT molecular complexity index is 455. The Labute approximate surface area is 105 Å². The third-order valence-corrected chi connectivity index (χ3v) is 3.06. The summed E-state index contributed by atoms with van der Waals surface area (Å²) in [7, 11) is 0. The quantitative estimate of drug-likeness (QED) is 0.825. The molecule has 7 heteroatoms. The highest BCUT2D eigenvalue weighted by Gasteiger charge is 2.39. The second-order valence-corrected chi connectivity index (χ2v) is 4.75. The van der Waals surface area contributed by atoms with E-state index < -0.39 is 17.3 Å². The molecule has 100 valence electrons. The zero-order chi connectivity index (χ0) is 13.9. The van der Waals surface area contributed by atoms with Gasteiger partial charge in [0.2, 0.25) is 5.91 Å². The summed E-state index contributed by atoms with van der Waals surface area (Å²) in [6, 6.07) is -0.0194. The Kier molecular flexibility index (Phi) is 4.05. The molecule has 1 atom stereocenters. The maximum Gasteiger partial charge on any atom is 0.328 e. The van der Waals surface area contributed by atoms with Crippen LogP contribution in [0.3, 0.4) is 0 Å². The topological polar surface area (TPSA) is 105 Å². The lowest BCUT2D eigenvalue weighted by Crippen LogP contribution is -2.37. The van der Waals surface area contributed by atoms with Crippen LogP contribution in [-0.4, -0.2) is 27.1 Å². The molecule has 2 N–H and O–H groups in total. The monoisotopic (exact) mass is 255 g/mol. The Morgan fingerprint density at radius 2 is 2.11 bits per heavy atom. The largest absolute Gasteiger partial charge is 0.481 e. The van der Waals surface area contributed by atoms with Gasteiger partial charge in [0.25, 0.3) is 0 Å². The summed E-state index contributed by atoms with van der Waals surface area (Å²) in [6.45, 7) is 6.68. The fraction of sp³-hybridized carbons (Fsp3) is 0.636. The van der Waals surface area contributed by atoms with Crippen LogP contribution < -0.4 is 5.32 Å². The molecule has 1 amide bonds. The van der Waals surface area contributed by atoms with Gasteiger partial charge in [-0.05, 0) is 19.8 Å². The van der Waals surface area contributed by atoms with Crippen molar-refractivity contribution in [3.63, 3.8) is 0 Å². The van der Waals surface area contributed by atoms with Crippen molar-refractivity contribution in [1.82, 2.24) is 10.1 Å². The number of amides is 1. The number of carboxylic acids is 1. The number of aromatic nitrogens is 2. The van der Waals surface area contributed by atoms with Crippen LogP contribution in [0.5, 0.6) is 0 Å². The summed E-state index contributed by atoms with van der Waals surface area (Å²) in [5.74, 6) is -1.24. The number of aryl methyl sites for hydroxylation is 1. The van der Waals surface area contributed by atoms with E-state index in [1.54, 1.807) is 27.7 Å². The molecule has 18 heavy (non-hydrogen) atoms. The maximum absolute atomic E-state index is 11.7. The molecule has 0 aromatic carbocycles. The van der Waals surface area contributed by atoms with Crippen LogP contribution in [0.2, 0.25) is 0 Å². The van der Waals surface area contributed by atoms with Crippen molar-refractivity contribution >= 4 is 17.9 Å². The van der Waals surface area contributed by atoms with Gasteiger partial charge in [0.15, 0.2) is 5.82 Å². The lowest BCUT2D eigenvalue weighted by Gasteiger charge is -2.27. The average Bonchev–Trinajstić information content (AvgIpc) is 2.62. The molecule has 0 aliphatic carbocycles. The zero-order valence-electron chi connectivity index (χ0n) is 10.9. The molecule has 0 bridgehead atoms. The molecule has 0 aliphatic heterocycles. The molecule has 0 saturated carbocycles. The Morgan fingerprint density at radius 3 is 2.50 bits per heavy atom. The highest BCUT2D eigenvalue weighted by molar-refractivity contribution is 5.92. The number of nitrogens with one attached hydrogen (secondary N) is 1. The number of carbonyl (C=O) groups is 2. The van der Waals surface area contributed by atoms with E-state index in [1.807, 2.05) is 0 Å². The second kappa shape index (κ2) is 5.16. The van der Waals surface area contributed by atoms with E-state index in [-0.39, 0.29) is 18.4 Å². The molecule has 0 spiro atoms. The molecule has 1 unspecified atom stereocenters. The molecule has 1 heterocycles. The number of anilines is 1. The highest BCUT2D eigenvalue weighted by atomic mass is 16.5. The van der Waals surface area contributed by atoms with E-state index in [0.717, 1.165) is 0 Å². The number of aliphatic carboxylic acids is 1. The van der Waals surface area contributed by atoms with Gasteiger partial charge in [0.1, 0.15) is 0 Å². The molecule has 1 rings (SSSR count). The Hall–Kier alpha value is -1.92. The summed E-state index contributed by atoms with van der Waals surface area (Å²) < 4.78 is 4.73. The molecule has 7 nitrogen and oxygen atoms in total. The first kappa shape index (κ1) is 14.1. The van der Waals surface area contributed by atoms with E-state index in [4.69, 9.17) is 4.52 Å². The lowest BCUT2D eigenvalue weighted by atomic mass is 9.76. The van der Waals surface area contributed by atoms with Crippen LogP contribution in [0.4, 0.5) is 6.01 Å². The van der Waals surface area contributed by atoms with Gasteiger partial charge < -0.3 is 9.63 Å². The zero-order valence-corrected chi connectivity index (χ0v) is 10.9. The summed E-state index contributed by atoms with van der Waals surface area (Å²) >= 11 is 0. The summed E-state index contributed by atoms with van der Waals surface area (Å²) in [4.78, 5) is 26.8. The minimum atomic E-state index is -1.13. The van der Waals surface area contributed by atoms with Gasteiger partial charge in [-0.3, -0.25) is 14.9 Å². The fourth-order valence-electron chi connectivity index (χ4n) is 1.37. The van der Waals surface area contributed by atoms with Crippen molar-refractivity contribution in [2.24, 2.45) is 11.3 Å². The van der Waals surface area contributed by atoms with Gasteiger partial charge in [-0.25, -0.2) is 0 Å². The van der Waals surface area contributed by atoms with Crippen molar-refractivity contribution in [1.29, 1.82) is 0 Å². The van der Waals surface area contributed by atoms with E-state index in [9.17, 15) is 14.7 Å². The van der Waals surface area contributed by atoms with Crippen LogP contribution in [0.15, 0.2) is 4.52 Å². The molecule has 1 aromatic heterocycles. The first-order valence-corrected chi connectivity index (χ1v) is 5.59. The van der Waals surface area contributed by atoms with Gasteiger partial charge in [0.05, 0.1) is 5.41 Å². The summed E-state index contributed by atoms with van der Waals surface area (Å²) in [6.07, 6.45) is -0.151. The third-order valence-electron chi connectivity index (χ3n) is 3.06. The number of hydrogen-bond acceptors (Lipinski definition) is 5. The number of carboxylic acid groups (broad SMARTS) is 1. The number of carbonyl (C=O) groups excluding carboxylic acids is 1. The van der Waals surface area contributed by atoms with Gasteiger partial charge in [-0.1, -0.05) is 19.0 Å².